The van der Waals surface area contributed by atoms with Crippen LogP contribution in [0.3, 0.4) is 0 Å². The minimum atomic E-state index is -0.427. The number of benzene rings is 1. The zero-order valence-electron chi connectivity index (χ0n) is 10.2. The van der Waals surface area contributed by atoms with Crippen molar-refractivity contribution >= 4 is 0 Å². The molecule has 0 spiro atoms. The molecule has 3 heteroatoms. The molecule has 1 saturated carbocycles. The van der Waals surface area contributed by atoms with Crippen molar-refractivity contribution in [3.05, 3.63) is 35.4 Å². The summed E-state index contributed by atoms with van der Waals surface area (Å²) in [6, 6.07) is 7.69. The number of hydrogen-bond acceptors (Lipinski definition) is 3. The molecule has 2 atom stereocenters. The van der Waals surface area contributed by atoms with Gasteiger partial charge in [0.2, 0.25) is 0 Å². The van der Waals surface area contributed by atoms with Crippen molar-refractivity contribution in [2.24, 2.45) is 5.92 Å². The fraction of sp³-hybridized carbons (Fsp3) is 0.571. The maximum atomic E-state index is 9.65. The molecule has 1 aromatic carbocycles. The molecule has 0 amide bonds. The molecular formula is C14H20O3. The average molecular weight is 236 g/mol. The molecule has 1 aromatic rings. The van der Waals surface area contributed by atoms with Crippen LogP contribution in [0.4, 0.5) is 0 Å². The van der Waals surface area contributed by atoms with E-state index in [1.165, 1.54) is 0 Å². The van der Waals surface area contributed by atoms with Gasteiger partial charge in [-0.1, -0.05) is 24.3 Å². The predicted molar refractivity (Wildman–Crippen MR) is 65.3 cm³/mol. The van der Waals surface area contributed by atoms with Crippen molar-refractivity contribution in [3.8, 4) is 0 Å². The predicted octanol–water partition coefficient (Wildman–Crippen LogP) is 1.85. The van der Waals surface area contributed by atoms with E-state index in [0.717, 1.165) is 24.0 Å². The zero-order valence-corrected chi connectivity index (χ0v) is 10.2. The summed E-state index contributed by atoms with van der Waals surface area (Å²) in [5, 5.41) is 18.9. The molecule has 0 bridgehead atoms. The minimum absolute atomic E-state index is 0.0301. The maximum Gasteiger partial charge on any atom is 0.0863 e. The van der Waals surface area contributed by atoms with Crippen molar-refractivity contribution in [3.63, 3.8) is 0 Å². The standard InChI is InChI=1S/C14H20O3/c1-10(16)14(11-6-7-11)17-9-13-5-3-2-4-12(13)8-15/h2-5,10-11,14-16H,6-9H2,1H3. The number of rotatable bonds is 6. The topological polar surface area (TPSA) is 49.7 Å². The molecular weight excluding hydrogens is 216 g/mol. The normalized spacial score (nSPS) is 19.0. The van der Waals surface area contributed by atoms with Crippen LogP contribution in [0.15, 0.2) is 24.3 Å². The van der Waals surface area contributed by atoms with Crippen molar-refractivity contribution in [1.29, 1.82) is 0 Å². The monoisotopic (exact) mass is 236 g/mol. The van der Waals surface area contributed by atoms with Crippen molar-refractivity contribution in [1.82, 2.24) is 0 Å². The molecule has 0 aliphatic heterocycles. The van der Waals surface area contributed by atoms with Gasteiger partial charge in [-0.05, 0) is 36.8 Å². The molecule has 2 N–H and O–H groups in total. The lowest BCUT2D eigenvalue weighted by molar-refractivity contribution is -0.0503. The first-order valence-corrected chi connectivity index (χ1v) is 6.19. The summed E-state index contributed by atoms with van der Waals surface area (Å²) in [6.45, 7) is 2.27. The van der Waals surface area contributed by atoms with Crippen molar-refractivity contribution < 1.29 is 14.9 Å². The Labute approximate surface area is 102 Å². The second kappa shape index (κ2) is 5.63. The minimum Gasteiger partial charge on any atom is -0.392 e. The van der Waals surface area contributed by atoms with E-state index in [4.69, 9.17) is 4.74 Å². The highest BCUT2D eigenvalue weighted by atomic mass is 16.5. The summed E-state index contributed by atoms with van der Waals surface area (Å²) in [4.78, 5) is 0. The second-order valence-electron chi connectivity index (χ2n) is 4.78. The van der Waals surface area contributed by atoms with Crippen molar-refractivity contribution in [2.75, 3.05) is 0 Å². The molecule has 0 saturated heterocycles. The molecule has 94 valence electrons. The summed E-state index contributed by atoms with van der Waals surface area (Å²) >= 11 is 0. The van der Waals surface area contributed by atoms with Crippen LogP contribution in [-0.4, -0.2) is 22.4 Å². The van der Waals surface area contributed by atoms with Gasteiger partial charge in [-0.3, -0.25) is 0 Å². The molecule has 1 fully saturated rings. The van der Waals surface area contributed by atoms with Crippen LogP contribution in [0.1, 0.15) is 30.9 Å². The van der Waals surface area contributed by atoms with E-state index in [-0.39, 0.29) is 12.7 Å². The van der Waals surface area contributed by atoms with E-state index in [1.807, 2.05) is 24.3 Å². The summed E-state index contributed by atoms with van der Waals surface area (Å²) in [5.74, 6) is 0.510. The summed E-state index contributed by atoms with van der Waals surface area (Å²) in [5.41, 5.74) is 1.90. The summed E-state index contributed by atoms with van der Waals surface area (Å²) in [7, 11) is 0. The van der Waals surface area contributed by atoms with E-state index in [1.54, 1.807) is 6.92 Å². The van der Waals surface area contributed by atoms with E-state index < -0.39 is 6.10 Å². The fourth-order valence-electron chi connectivity index (χ4n) is 2.13. The summed E-state index contributed by atoms with van der Waals surface area (Å²) < 4.78 is 5.79. The first-order valence-electron chi connectivity index (χ1n) is 6.19. The van der Waals surface area contributed by atoms with Crippen LogP contribution >= 0.6 is 0 Å². The first kappa shape index (κ1) is 12.6. The third-order valence-corrected chi connectivity index (χ3v) is 3.28. The van der Waals surface area contributed by atoms with Gasteiger partial charge in [0.1, 0.15) is 0 Å². The number of hydrogen-bond donors (Lipinski definition) is 2. The Hall–Kier alpha value is -0.900. The average Bonchev–Trinajstić information content (AvgIpc) is 3.14. The number of ether oxygens (including phenoxy) is 1. The third-order valence-electron chi connectivity index (χ3n) is 3.28. The smallest absolute Gasteiger partial charge is 0.0863 e. The van der Waals surface area contributed by atoms with Crippen molar-refractivity contribution in [2.45, 2.75) is 45.2 Å². The van der Waals surface area contributed by atoms with E-state index in [0.29, 0.717) is 12.5 Å². The van der Waals surface area contributed by atoms with E-state index in [9.17, 15) is 10.2 Å². The van der Waals surface area contributed by atoms with Gasteiger partial charge < -0.3 is 14.9 Å². The highest BCUT2D eigenvalue weighted by Gasteiger charge is 2.35. The van der Waals surface area contributed by atoms with Gasteiger partial charge in [0, 0.05) is 0 Å². The maximum absolute atomic E-state index is 9.65. The third kappa shape index (κ3) is 3.28. The quantitative estimate of drug-likeness (QED) is 0.792. The van der Waals surface area contributed by atoms with Gasteiger partial charge in [-0.25, -0.2) is 0 Å². The molecule has 1 aliphatic rings. The van der Waals surface area contributed by atoms with Gasteiger partial charge in [-0.2, -0.15) is 0 Å². The van der Waals surface area contributed by atoms with Gasteiger partial charge in [0.05, 0.1) is 25.4 Å². The molecule has 0 radical (unpaired) electrons. The Kier molecular flexibility index (Phi) is 4.15. The Morgan fingerprint density at radius 1 is 1.29 bits per heavy atom. The lowest BCUT2D eigenvalue weighted by atomic mass is 10.1. The molecule has 2 rings (SSSR count). The van der Waals surface area contributed by atoms with Crippen LogP contribution in [-0.2, 0) is 18.0 Å². The first-order chi connectivity index (χ1) is 8.22. The molecule has 0 heterocycles. The second-order valence-corrected chi connectivity index (χ2v) is 4.78. The van der Waals surface area contributed by atoms with Gasteiger partial charge in [-0.15, -0.1) is 0 Å². The molecule has 0 aromatic heterocycles. The SMILES string of the molecule is CC(O)C(OCc1ccccc1CO)C1CC1. The Morgan fingerprint density at radius 3 is 2.47 bits per heavy atom. The fourth-order valence-corrected chi connectivity index (χ4v) is 2.13. The van der Waals surface area contributed by atoms with E-state index in [2.05, 4.69) is 0 Å². The van der Waals surface area contributed by atoms with Crippen LogP contribution in [0.5, 0.6) is 0 Å². The summed E-state index contributed by atoms with van der Waals surface area (Å²) in [6.07, 6.45) is 1.81. The molecule has 3 nitrogen and oxygen atoms in total. The molecule has 2 unspecified atom stereocenters. The molecule has 1 aliphatic carbocycles. The van der Waals surface area contributed by atoms with Crippen LogP contribution < -0.4 is 0 Å². The zero-order chi connectivity index (χ0) is 12.3. The highest BCUT2D eigenvalue weighted by Crippen LogP contribution is 2.36. The number of aliphatic hydroxyl groups excluding tert-OH is 2. The van der Waals surface area contributed by atoms with Gasteiger partial charge in [0.15, 0.2) is 0 Å². The largest absolute Gasteiger partial charge is 0.392 e. The Balaban J connectivity index is 1.96. The molecule has 17 heavy (non-hydrogen) atoms. The number of aliphatic hydroxyl groups is 2. The van der Waals surface area contributed by atoms with Gasteiger partial charge in [0.25, 0.3) is 0 Å². The van der Waals surface area contributed by atoms with Crippen LogP contribution in [0.25, 0.3) is 0 Å². The highest BCUT2D eigenvalue weighted by molar-refractivity contribution is 5.25. The van der Waals surface area contributed by atoms with Crippen LogP contribution in [0.2, 0.25) is 0 Å². The lowest BCUT2D eigenvalue weighted by Gasteiger charge is -2.21. The lowest BCUT2D eigenvalue weighted by Crippen LogP contribution is -2.28. The van der Waals surface area contributed by atoms with Gasteiger partial charge >= 0.3 is 0 Å². The van der Waals surface area contributed by atoms with Crippen LogP contribution in [0, 0.1) is 5.92 Å². The Morgan fingerprint density at radius 2 is 1.94 bits per heavy atom. The van der Waals surface area contributed by atoms with E-state index >= 15 is 0 Å². The Bertz CT molecular complexity index is 356.